The first-order valence-corrected chi connectivity index (χ1v) is 8.72. The molecule has 0 saturated carbocycles. The Morgan fingerprint density at radius 3 is 2.57 bits per heavy atom. The van der Waals surface area contributed by atoms with E-state index in [1.54, 1.807) is 40.1 Å². The number of ether oxygens (including phenoxy) is 1. The first-order chi connectivity index (χ1) is 9.75. The molecule has 118 valence electrons. The highest BCUT2D eigenvalue weighted by molar-refractivity contribution is 7.92. The Kier molecular flexibility index (Phi) is 4.58. The summed E-state index contributed by atoms with van der Waals surface area (Å²) in [4.78, 5) is 6.37. The molecule has 0 amide bonds. The van der Waals surface area contributed by atoms with Gasteiger partial charge in [-0.3, -0.25) is 0 Å². The summed E-state index contributed by atoms with van der Waals surface area (Å²) in [6, 6.07) is 3.44. The third-order valence-electron chi connectivity index (χ3n) is 3.88. The highest BCUT2D eigenvalue weighted by atomic mass is 32.2. The van der Waals surface area contributed by atoms with E-state index in [2.05, 4.69) is 9.88 Å². The molecule has 0 aliphatic carbocycles. The number of piperidine rings is 1. The Hall–Kier alpha value is -1.14. The van der Waals surface area contributed by atoms with Gasteiger partial charge in [0.25, 0.3) is 0 Å². The van der Waals surface area contributed by atoms with E-state index in [1.165, 1.54) is 0 Å². The van der Waals surface area contributed by atoms with Gasteiger partial charge in [0, 0.05) is 20.2 Å². The number of nitrogens with zero attached hydrogens (tertiary/aromatic N) is 2. The molecule has 1 aliphatic heterocycles. The topological polar surface area (TPSA) is 59.5 Å². The first kappa shape index (κ1) is 16.2. The van der Waals surface area contributed by atoms with Crippen LogP contribution in [0.1, 0.15) is 33.6 Å². The van der Waals surface area contributed by atoms with Gasteiger partial charge < -0.3 is 9.64 Å². The molecule has 1 fully saturated rings. The van der Waals surface area contributed by atoms with E-state index in [0.29, 0.717) is 0 Å². The fourth-order valence-corrected chi connectivity index (χ4v) is 3.46. The zero-order valence-corrected chi connectivity index (χ0v) is 14.0. The van der Waals surface area contributed by atoms with Crippen LogP contribution >= 0.6 is 0 Å². The van der Waals surface area contributed by atoms with E-state index >= 15 is 0 Å². The van der Waals surface area contributed by atoms with Gasteiger partial charge in [-0.05, 0) is 45.7 Å². The summed E-state index contributed by atoms with van der Waals surface area (Å²) in [6.07, 6.45) is 4.02. The second kappa shape index (κ2) is 5.93. The van der Waals surface area contributed by atoms with Gasteiger partial charge in [0.15, 0.2) is 14.9 Å². The fraction of sp³-hybridized carbons (Fsp3) is 0.667. The molecule has 6 heteroatoms. The summed E-state index contributed by atoms with van der Waals surface area (Å²) in [6.45, 7) is 6.83. The molecule has 0 N–H and O–H groups in total. The molecule has 1 aromatic rings. The molecular weight excluding hydrogens is 288 g/mol. The molecular formula is C15H24N2O3S. The van der Waals surface area contributed by atoms with Gasteiger partial charge in [-0.25, -0.2) is 13.4 Å². The van der Waals surface area contributed by atoms with Crippen molar-refractivity contribution >= 4 is 15.5 Å². The van der Waals surface area contributed by atoms with E-state index in [0.717, 1.165) is 31.6 Å². The zero-order valence-electron chi connectivity index (χ0n) is 13.2. The summed E-state index contributed by atoms with van der Waals surface area (Å²) in [5, 5.41) is 0.138. The van der Waals surface area contributed by atoms with Gasteiger partial charge in [-0.2, -0.15) is 0 Å². The van der Waals surface area contributed by atoms with Crippen molar-refractivity contribution in [3.05, 3.63) is 18.3 Å². The summed E-state index contributed by atoms with van der Waals surface area (Å²) in [5.74, 6) is 0. The maximum atomic E-state index is 12.3. The Morgan fingerprint density at radius 2 is 2.05 bits per heavy atom. The molecule has 1 unspecified atom stereocenters. The number of aromatic nitrogens is 1. The number of rotatable bonds is 3. The highest BCUT2D eigenvalue weighted by Gasteiger charge is 2.32. The molecule has 1 saturated heterocycles. The SMILES string of the molecule is COC1CCCN(c2ccc(S(=O)(=O)C(C)(C)C)nc2)C1. The van der Waals surface area contributed by atoms with Crippen molar-refractivity contribution in [2.45, 2.75) is 49.5 Å². The van der Waals surface area contributed by atoms with E-state index < -0.39 is 14.6 Å². The van der Waals surface area contributed by atoms with E-state index in [-0.39, 0.29) is 11.1 Å². The second-order valence-corrected chi connectivity index (χ2v) is 9.07. The molecule has 5 nitrogen and oxygen atoms in total. The fourth-order valence-electron chi connectivity index (χ4n) is 2.40. The predicted octanol–water partition coefficient (Wildman–Crippen LogP) is 2.27. The minimum atomic E-state index is -3.39. The number of anilines is 1. The highest BCUT2D eigenvalue weighted by Crippen LogP contribution is 2.26. The van der Waals surface area contributed by atoms with Gasteiger partial charge >= 0.3 is 0 Å². The van der Waals surface area contributed by atoms with Gasteiger partial charge in [-0.1, -0.05) is 0 Å². The molecule has 1 aliphatic rings. The lowest BCUT2D eigenvalue weighted by Crippen LogP contribution is -2.39. The van der Waals surface area contributed by atoms with Crippen LogP contribution in [0, 0.1) is 0 Å². The third-order valence-corrected chi connectivity index (χ3v) is 6.28. The Morgan fingerprint density at radius 1 is 1.33 bits per heavy atom. The van der Waals surface area contributed by atoms with Gasteiger partial charge in [0.2, 0.25) is 0 Å². The number of methoxy groups -OCH3 is 1. The third kappa shape index (κ3) is 3.37. The van der Waals surface area contributed by atoms with Crippen molar-refractivity contribution in [2.75, 3.05) is 25.1 Å². The molecule has 0 spiro atoms. The summed E-state index contributed by atoms with van der Waals surface area (Å²) in [5.41, 5.74) is 0.949. The average molecular weight is 312 g/mol. The van der Waals surface area contributed by atoms with Gasteiger partial charge in [0.05, 0.1) is 22.7 Å². The van der Waals surface area contributed by atoms with E-state index in [1.807, 2.05) is 6.07 Å². The number of hydrogen-bond acceptors (Lipinski definition) is 5. The molecule has 21 heavy (non-hydrogen) atoms. The van der Waals surface area contributed by atoms with Crippen molar-refractivity contribution in [2.24, 2.45) is 0 Å². The van der Waals surface area contributed by atoms with Gasteiger partial charge in [0.1, 0.15) is 0 Å². The number of pyridine rings is 1. The molecule has 1 atom stereocenters. The van der Waals surface area contributed by atoms with Crippen molar-refractivity contribution in [1.82, 2.24) is 4.98 Å². The standard InChI is InChI=1S/C15H24N2O3S/c1-15(2,3)21(18,19)14-8-7-12(10-16-14)17-9-5-6-13(11-17)20-4/h7-8,10,13H,5-6,9,11H2,1-4H3. The van der Waals surface area contributed by atoms with Crippen LogP contribution in [0.25, 0.3) is 0 Å². The molecule has 2 rings (SSSR count). The van der Waals surface area contributed by atoms with Crippen LogP contribution in [0.15, 0.2) is 23.4 Å². The largest absolute Gasteiger partial charge is 0.380 e. The van der Waals surface area contributed by atoms with E-state index in [4.69, 9.17) is 4.74 Å². The average Bonchev–Trinajstić information content (AvgIpc) is 2.46. The van der Waals surface area contributed by atoms with Gasteiger partial charge in [-0.15, -0.1) is 0 Å². The Balaban J connectivity index is 2.20. The molecule has 1 aromatic heterocycles. The first-order valence-electron chi connectivity index (χ1n) is 7.24. The van der Waals surface area contributed by atoms with Crippen molar-refractivity contribution in [3.63, 3.8) is 0 Å². The lowest BCUT2D eigenvalue weighted by atomic mass is 10.1. The maximum absolute atomic E-state index is 12.3. The predicted molar refractivity (Wildman–Crippen MR) is 83.4 cm³/mol. The normalized spacial score (nSPS) is 20.6. The summed E-state index contributed by atoms with van der Waals surface area (Å²) >= 11 is 0. The number of hydrogen-bond donors (Lipinski definition) is 0. The maximum Gasteiger partial charge on any atom is 0.200 e. The van der Waals surface area contributed by atoms with E-state index in [9.17, 15) is 8.42 Å². The van der Waals surface area contributed by atoms with Crippen LogP contribution in [0.2, 0.25) is 0 Å². The Bertz CT molecular complexity index is 576. The summed E-state index contributed by atoms with van der Waals surface area (Å²) in [7, 11) is -1.67. The van der Waals surface area contributed by atoms with Crippen LogP contribution in [0.3, 0.4) is 0 Å². The zero-order chi connectivity index (χ0) is 15.7. The quantitative estimate of drug-likeness (QED) is 0.857. The van der Waals surface area contributed by atoms with Crippen LogP contribution in [0.4, 0.5) is 5.69 Å². The monoisotopic (exact) mass is 312 g/mol. The molecule has 0 aromatic carbocycles. The van der Waals surface area contributed by atoms with Crippen molar-refractivity contribution in [3.8, 4) is 0 Å². The number of sulfone groups is 1. The van der Waals surface area contributed by atoms with Crippen LogP contribution in [0.5, 0.6) is 0 Å². The minimum absolute atomic E-state index is 0.138. The van der Waals surface area contributed by atoms with Crippen molar-refractivity contribution < 1.29 is 13.2 Å². The Labute approximate surface area is 127 Å². The summed E-state index contributed by atoms with van der Waals surface area (Å²) < 4.78 is 29.3. The van der Waals surface area contributed by atoms with Crippen molar-refractivity contribution in [1.29, 1.82) is 0 Å². The van der Waals surface area contributed by atoms with Crippen LogP contribution in [-0.4, -0.2) is 44.5 Å². The molecule has 0 radical (unpaired) electrons. The smallest absolute Gasteiger partial charge is 0.200 e. The van der Waals surface area contributed by atoms with Crippen LogP contribution in [-0.2, 0) is 14.6 Å². The minimum Gasteiger partial charge on any atom is -0.380 e. The molecule has 2 heterocycles. The molecule has 0 bridgehead atoms. The lowest BCUT2D eigenvalue weighted by molar-refractivity contribution is 0.0893. The lowest BCUT2D eigenvalue weighted by Gasteiger charge is -2.33. The second-order valence-electron chi connectivity index (χ2n) is 6.42. The van der Waals surface area contributed by atoms with Crippen LogP contribution < -0.4 is 4.90 Å².